The molecule has 1 aromatic carbocycles. The van der Waals surface area contributed by atoms with Crippen LogP contribution in [0.25, 0.3) is 6.08 Å². The van der Waals surface area contributed by atoms with Gasteiger partial charge in [0.1, 0.15) is 5.75 Å². The fourth-order valence-corrected chi connectivity index (χ4v) is 2.96. The van der Waals surface area contributed by atoms with Crippen LogP contribution >= 0.6 is 0 Å². The first-order valence-corrected chi connectivity index (χ1v) is 11.1. The van der Waals surface area contributed by atoms with Crippen molar-refractivity contribution in [1.29, 1.82) is 0 Å². The molecule has 1 atom stereocenters. The number of benzene rings is 1. The third-order valence-electron chi connectivity index (χ3n) is 4.58. The fraction of sp³-hybridized carbons (Fsp3) is 0.560. The summed E-state index contributed by atoms with van der Waals surface area (Å²) in [5.74, 6) is 0.600. The molecule has 0 aliphatic rings. The van der Waals surface area contributed by atoms with Crippen LogP contribution in [-0.4, -0.2) is 30.4 Å². The third kappa shape index (κ3) is 12.9. The summed E-state index contributed by atoms with van der Waals surface area (Å²) in [4.78, 5) is 11.4. The molecule has 1 rings (SSSR count). The Morgan fingerprint density at radius 1 is 1.03 bits per heavy atom. The van der Waals surface area contributed by atoms with Gasteiger partial charge in [0.2, 0.25) is 0 Å². The van der Waals surface area contributed by atoms with Crippen molar-refractivity contribution in [3.8, 4) is 5.75 Å². The first-order valence-electron chi connectivity index (χ1n) is 11.1. The molecular formula is C25H38O4. The molecule has 0 amide bonds. The Balaban J connectivity index is 2.34. The van der Waals surface area contributed by atoms with Gasteiger partial charge in [0.05, 0.1) is 19.3 Å². The number of unbranched alkanes of at least 4 members (excludes halogenated alkanes) is 5. The molecule has 0 aliphatic carbocycles. The average molecular weight is 403 g/mol. The first kappa shape index (κ1) is 25.0. The van der Waals surface area contributed by atoms with Gasteiger partial charge in [0.25, 0.3) is 0 Å². The molecule has 4 nitrogen and oxygen atoms in total. The van der Waals surface area contributed by atoms with Crippen LogP contribution in [0.4, 0.5) is 0 Å². The summed E-state index contributed by atoms with van der Waals surface area (Å²) in [7, 11) is 0. The Hall–Kier alpha value is -2.07. The van der Waals surface area contributed by atoms with Crippen LogP contribution in [0.5, 0.6) is 5.75 Å². The highest BCUT2D eigenvalue weighted by Gasteiger charge is 2.03. The highest BCUT2D eigenvalue weighted by molar-refractivity contribution is 5.69. The molecule has 0 fully saturated rings. The maximum absolute atomic E-state index is 11.4. The molecule has 0 unspecified atom stereocenters. The minimum Gasteiger partial charge on any atom is -0.493 e. The monoisotopic (exact) mass is 402 g/mol. The fourth-order valence-electron chi connectivity index (χ4n) is 2.96. The molecular weight excluding hydrogens is 364 g/mol. The molecule has 162 valence electrons. The number of para-hydroxylation sites is 1. The molecule has 0 heterocycles. The van der Waals surface area contributed by atoms with Crippen molar-refractivity contribution < 1.29 is 19.4 Å². The maximum atomic E-state index is 11.4. The van der Waals surface area contributed by atoms with E-state index >= 15 is 0 Å². The van der Waals surface area contributed by atoms with Gasteiger partial charge in [-0.3, -0.25) is 4.79 Å². The predicted octanol–water partition coefficient (Wildman–Crippen LogP) is 6.09. The largest absolute Gasteiger partial charge is 0.493 e. The van der Waals surface area contributed by atoms with E-state index in [4.69, 9.17) is 9.47 Å². The number of esters is 1. The number of allylic oxidation sites excluding steroid dienone is 2. The van der Waals surface area contributed by atoms with Crippen LogP contribution < -0.4 is 4.74 Å². The van der Waals surface area contributed by atoms with E-state index in [0.717, 1.165) is 24.2 Å². The van der Waals surface area contributed by atoms with Crippen LogP contribution in [0, 0.1) is 0 Å². The summed E-state index contributed by atoms with van der Waals surface area (Å²) in [6, 6.07) is 7.79. The number of carbonyl (C=O) groups is 1. The zero-order valence-electron chi connectivity index (χ0n) is 18.1. The second-order valence-electron chi connectivity index (χ2n) is 7.16. The van der Waals surface area contributed by atoms with E-state index in [-0.39, 0.29) is 12.1 Å². The van der Waals surface area contributed by atoms with Crippen molar-refractivity contribution in [2.45, 2.75) is 77.7 Å². The number of aliphatic hydroxyl groups excluding tert-OH is 1. The SMILES string of the molecule is CCCCCCCC[C@H](O)/C=C/C=C\c1ccccc1OCCCC(=O)OCC. The van der Waals surface area contributed by atoms with E-state index in [2.05, 4.69) is 6.92 Å². The summed E-state index contributed by atoms with van der Waals surface area (Å²) in [5, 5.41) is 10.0. The van der Waals surface area contributed by atoms with Gasteiger partial charge in [-0.15, -0.1) is 0 Å². The molecule has 0 aromatic heterocycles. The zero-order chi connectivity index (χ0) is 21.2. The van der Waals surface area contributed by atoms with E-state index in [9.17, 15) is 9.90 Å². The van der Waals surface area contributed by atoms with E-state index < -0.39 is 0 Å². The number of rotatable bonds is 16. The summed E-state index contributed by atoms with van der Waals surface area (Å²) in [6.07, 6.45) is 16.4. The van der Waals surface area contributed by atoms with Crippen molar-refractivity contribution in [2.24, 2.45) is 0 Å². The topological polar surface area (TPSA) is 55.8 Å². The van der Waals surface area contributed by atoms with Gasteiger partial charge >= 0.3 is 5.97 Å². The normalized spacial score (nSPS) is 12.5. The van der Waals surface area contributed by atoms with Crippen LogP contribution in [0.15, 0.2) is 42.5 Å². The van der Waals surface area contributed by atoms with Crippen molar-refractivity contribution in [3.05, 3.63) is 48.1 Å². The number of hydrogen-bond acceptors (Lipinski definition) is 4. The minimum atomic E-state index is -0.389. The van der Waals surface area contributed by atoms with Crippen LogP contribution in [0.1, 0.15) is 77.2 Å². The van der Waals surface area contributed by atoms with E-state index in [1.807, 2.05) is 48.6 Å². The lowest BCUT2D eigenvalue weighted by Crippen LogP contribution is -2.07. The summed E-state index contributed by atoms with van der Waals surface area (Å²) < 4.78 is 10.7. The maximum Gasteiger partial charge on any atom is 0.305 e. The first-order chi connectivity index (χ1) is 14.2. The second kappa shape index (κ2) is 16.8. The van der Waals surface area contributed by atoms with Gasteiger partial charge in [0, 0.05) is 12.0 Å². The summed E-state index contributed by atoms with van der Waals surface area (Å²) in [5.41, 5.74) is 0.971. The number of carbonyl (C=O) groups excluding carboxylic acids is 1. The van der Waals surface area contributed by atoms with Crippen LogP contribution in [-0.2, 0) is 9.53 Å². The van der Waals surface area contributed by atoms with E-state index in [0.29, 0.717) is 26.1 Å². The average Bonchev–Trinajstić information content (AvgIpc) is 2.72. The van der Waals surface area contributed by atoms with E-state index in [1.165, 1.54) is 32.1 Å². The van der Waals surface area contributed by atoms with Gasteiger partial charge in [-0.05, 0) is 25.8 Å². The highest BCUT2D eigenvalue weighted by atomic mass is 16.5. The zero-order valence-corrected chi connectivity index (χ0v) is 18.1. The molecule has 0 radical (unpaired) electrons. The summed E-state index contributed by atoms with van der Waals surface area (Å²) in [6.45, 7) is 4.91. The van der Waals surface area contributed by atoms with Crippen LogP contribution in [0.2, 0.25) is 0 Å². The minimum absolute atomic E-state index is 0.186. The summed E-state index contributed by atoms with van der Waals surface area (Å²) >= 11 is 0. The molecule has 0 spiro atoms. The highest BCUT2D eigenvalue weighted by Crippen LogP contribution is 2.20. The lowest BCUT2D eigenvalue weighted by atomic mass is 10.1. The van der Waals surface area contributed by atoms with Crippen molar-refractivity contribution in [3.63, 3.8) is 0 Å². The van der Waals surface area contributed by atoms with Gasteiger partial charge in [-0.25, -0.2) is 0 Å². The third-order valence-corrected chi connectivity index (χ3v) is 4.58. The van der Waals surface area contributed by atoms with Crippen molar-refractivity contribution in [1.82, 2.24) is 0 Å². The molecule has 0 bridgehead atoms. The molecule has 0 aliphatic heterocycles. The molecule has 0 saturated carbocycles. The van der Waals surface area contributed by atoms with Crippen molar-refractivity contribution in [2.75, 3.05) is 13.2 Å². The quantitative estimate of drug-likeness (QED) is 0.206. The van der Waals surface area contributed by atoms with Gasteiger partial charge < -0.3 is 14.6 Å². The van der Waals surface area contributed by atoms with Gasteiger partial charge in [-0.1, -0.05) is 88.0 Å². The Morgan fingerprint density at radius 3 is 2.59 bits per heavy atom. The van der Waals surface area contributed by atoms with E-state index in [1.54, 1.807) is 6.92 Å². The molecule has 0 saturated heterocycles. The van der Waals surface area contributed by atoms with Crippen LogP contribution in [0.3, 0.4) is 0 Å². The molecule has 1 aromatic rings. The lowest BCUT2D eigenvalue weighted by molar-refractivity contribution is -0.143. The Labute approximate surface area is 176 Å². The number of aliphatic hydroxyl groups is 1. The van der Waals surface area contributed by atoms with Gasteiger partial charge in [-0.2, -0.15) is 0 Å². The molecule has 1 N–H and O–H groups in total. The standard InChI is InChI=1S/C25H38O4/c1-3-5-6-7-8-9-17-23(26)18-12-10-15-22-16-11-13-19-24(22)29-21-14-20-25(27)28-4-2/h10-13,15-16,18-19,23,26H,3-9,14,17,20-21H2,1-2H3/b15-10-,18-12+/t23-/m0/s1. The Bertz CT molecular complexity index is 607. The predicted molar refractivity (Wildman–Crippen MR) is 120 cm³/mol. The Morgan fingerprint density at radius 2 is 1.79 bits per heavy atom. The van der Waals surface area contributed by atoms with Gasteiger partial charge in [0.15, 0.2) is 0 Å². The Kier molecular flexibility index (Phi) is 14.5. The molecule has 29 heavy (non-hydrogen) atoms. The lowest BCUT2D eigenvalue weighted by Gasteiger charge is -2.09. The molecule has 4 heteroatoms. The number of ether oxygens (including phenoxy) is 2. The number of hydrogen-bond donors (Lipinski definition) is 1. The van der Waals surface area contributed by atoms with Crippen molar-refractivity contribution >= 4 is 12.0 Å². The second-order valence-corrected chi connectivity index (χ2v) is 7.16. The smallest absolute Gasteiger partial charge is 0.305 e.